The van der Waals surface area contributed by atoms with Gasteiger partial charge in [-0.15, -0.1) is 0 Å². The molecule has 212 valence electrons. The molecule has 0 spiro atoms. The first kappa shape index (κ1) is 27.0. The number of nitrogens with zero attached hydrogens (tertiary/aromatic N) is 4. The number of hydrogen-bond acceptors (Lipinski definition) is 6. The van der Waals surface area contributed by atoms with Crippen LogP contribution in [0.5, 0.6) is 0 Å². The first-order valence-electron chi connectivity index (χ1n) is 14.8. The standard InChI is InChI=1S/C33H40N8/c1-4-29-28(14-22(2)25-16-26(19-35-18-25)37-23(3)15-24-8-10-34-11-9-24)33(40-39-29)30-17-27-31(38-30)20-36-21-32(27)41-12-6-5-7-13-41/h4,14,16-21,24,34,37-39H,2-3,5-13,15H2,1H3/b28-14+,29-4+. The summed E-state index contributed by atoms with van der Waals surface area (Å²) in [6, 6.07) is 4.30. The summed E-state index contributed by atoms with van der Waals surface area (Å²) in [5.74, 6) is 0.676. The molecule has 0 bridgehead atoms. The zero-order valence-electron chi connectivity index (χ0n) is 24.0. The van der Waals surface area contributed by atoms with E-state index >= 15 is 0 Å². The molecule has 2 fully saturated rings. The highest BCUT2D eigenvalue weighted by molar-refractivity contribution is 5.95. The number of rotatable bonds is 8. The molecule has 2 aliphatic heterocycles. The zero-order chi connectivity index (χ0) is 28.2. The normalized spacial score (nSPS) is 17.3. The molecule has 4 N–H and O–H groups in total. The number of aromatic nitrogens is 5. The summed E-state index contributed by atoms with van der Waals surface area (Å²) >= 11 is 0. The minimum atomic E-state index is 0.676. The van der Waals surface area contributed by atoms with Crippen LogP contribution in [-0.2, 0) is 0 Å². The molecule has 0 aromatic carbocycles. The van der Waals surface area contributed by atoms with Crippen LogP contribution in [0.25, 0.3) is 40.0 Å². The topological polar surface area (TPSA) is 97.6 Å². The lowest BCUT2D eigenvalue weighted by Gasteiger charge is -2.28. The minimum Gasteiger partial charge on any atom is -0.370 e. The van der Waals surface area contributed by atoms with Gasteiger partial charge in [0.25, 0.3) is 0 Å². The van der Waals surface area contributed by atoms with Gasteiger partial charge in [-0.3, -0.25) is 15.1 Å². The molecule has 0 saturated carbocycles. The Kier molecular flexibility index (Phi) is 8.00. The van der Waals surface area contributed by atoms with Gasteiger partial charge in [-0.25, -0.2) is 0 Å². The van der Waals surface area contributed by atoms with Gasteiger partial charge in [0.2, 0.25) is 0 Å². The summed E-state index contributed by atoms with van der Waals surface area (Å²) in [4.78, 5) is 15.1. The average molecular weight is 549 g/mol. The van der Waals surface area contributed by atoms with Crippen molar-refractivity contribution in [3.05, 3.63) is 71.9 Å². The average Bonchev–Trinajstić information content (AvgIpc) is 3.62. The van der Waals surface area contributed by atoms with Crippen molar-refractivity contribution >= 4 is 40.0 Å². The molecule has 0 amide bonds. The largest absolute Gasteiger partial charge is 0.370 e. The number of allylic oxidation sites excluding steroid dienone is 2. The van der Waals surface area contributed by atoms with Crippen LogP contribution in [0.4, 0.5) is 11.4 Å². The van der Waals surface area contributed by atoms with Crippen LogP contribution in [-0.4, -0.2) is 51.3 Å². The van der Waals surface area contributed by atoms with Crippen LogP contribution in [0, 0.1) is 5.92 Å². The molecule has 6 heterocycles. The molecule has 2 saturated heterocycles. The Morgan fingerprint density at radius 2 is 1.85 bits per heavy atom. The molecule has 6 rings (SSSR count). The van der Waals surface area contributed by atoms with E-state index in [9.17, 15) is 0 Å². The molecular weight excluding hydrogens is 508 g/mol. The Hall–Kier alpha value is -4.17. The Morgan fingerprint density at radius 1 is 1.05 bits per heavy atom. The molecule has 41 heavy (non-hydrogen) atoms. The van der Waals surface area contributed by atoms with Crippen LogP contribution < -0.4 is 26.1 Å². The number of aromatic amines is 2. The minimum absolute atomic E-state index is 0.676. The van der Waals surface area contributed by atoms with E-state index in [2.05, 4.69) is 67.0 Å². The first-order chi connectivity index (χ1) is 20.1. The van der Waals surface area contributed by atoms with Crippen LogP contribution in [0.15, 0.2) is 55.8 Å². The van der Waals surface area contributed by atoms with Gasteiger partial charge in [0, 0.05) is 41.2 Å². The van der Waals surface area contributed by atoms with Gasteiger partial charge < -0.3 is 20.5 Å². The highest BCUT2D eigenvalue weighted by Gasteiger charge is 2.18. The third kappa shape index (κ3) is 5.98. The number of hydrogen-bond donors (Lipinski definition) is 4. The second kappa shape index (κ2) is 12.1. The predicted molar refractivity (Wildman–Crippen MR) is 170 cm³/mol. The van der Waals surface area contributed by atoms with Gasteiger partial charge in [0.1, 0.15) is 5.69 Å². The highest BCUT2D eigenvalue weighted by atomic mass is 15.1. The predicted octanol–water partition coefficient (Wildman–Crippen LogP) is 4.95. The smallest absolute Gasteiger partial charge is 0.116 e. The summed E-state index contributed by atoms with van der Waals surface area (Å²) in [5, 5.41) is 18.0. The van der Waals surface area contributed by atoms with Gasteiger partial charge in [-0.05, 0) is 88.2 Å². The molecule has 8 nitrogen and oxygen atoms in total. The maximum Gasteiger partial charge on any atom is 0.116 e. The molecular formula is C33H40N8. The van der Waals surface area contributed by atoms with Crippen LogP contribution in [0.3, 0.4) is 0 Å². The summed E-state index contributed by atoms with van der Waals surface area (Å²) < 4.78 is 0. The maximum atomic E-state index is 4.72. The van der Waals surface area contributed by atoms with Crippen molar-refractivity contribution < 1.29 is 0 Å². The second-order valence-electron chi connectivity index (χ2n) is 11.3. The quantitative estimate of drug-likeness (QED) is 0.249. The van der Waals surface area contributed by atoms with Crippen molar-refractivity contribution in [2.45, 2.75) is 45.4 Å². The van der Waals surface area contributed by atoms with Gasteiger partial charge in [-0.2, -0.15) is 5.10 Å². The zero-order valence-corrected chi connectivity index (χ0v) is 24.0. The fraction of sp³-hybridized carbons (Fsp3) is 0.364. The molecule has 4 aromatic heterocycles. The Balaban J connectivity index is 1.28. The van der Waals surface area contributed by atoms with Gasteiger partial charge in [0.15, 0.2) is 0 Å². The van der Waals surface area contributed by atoms with Crippen molar-refractivity contribution in [2.75, 3.05) is 36.4 Å². The van der Waals surface area contributed by atoms with E-state index in [4.69, 9.17) is 5.10 Å². The monoisotopic (exact) mass is 548 g/mol. The number of fused-ring (bicyclic) bond motifs is 1. The molecule has 2 aliphatic rings. The fourth-order valence-corrected chi connectivity index (χ4v) is 6.12. The number of piperidine rings is 2. The number of pyridine rings is 2. The van der Waals surface area contributed by atoms with Crippen molar-refractivity contribution in [2.24, 2.45) is 5.92 Å². The maximum absolute atomic E-state index is 4.72. The summed E-state index contributed by atoms with van der Waals surface area (Å²) in [5.41, 5.74) is 7.80. The lowest BCUT2D eigenvalue weighted by molar-refractivity contribution is 0.373. The van der Waals surface area contributed by atoms with E-state index in [-0.39, 0.29) is 0 Å². The van der Waals surface area contributed by atoms with E-state index < -0.39 is 0 Å². The Bertz CT molecular complexity index is 1660. The Labute approximate surface area is 241 Å². The highest BCUT2D eigenvalue weighted by Crippen LogP contribution is 2.31. The molecule has 0 atom stereocenters. The van der Waals surface area contributed by atoms with E-state index in [0.717, 1.165) is 82.6 Å². The van der Waals surface area contributed by atoms with Crippen LogP contribution >= 0.6 is 0 Å². The van der Waals surface area contributed by atoms with E-state index in [1.165, 1.54) is 43.2 Å². The number of H-pyrrole nitrogens is 2. The van der Waals surface area contributed by atoms with Crippen molar-refractivity contribution in [1.82, 2.24) is 30.5 Å². The molecule has 4 aromatic rings. The fourth-order valence-electron chi connectivity index (χ4n) is 6.12. The molecule has 0 unspecified atom stereocenters. The molecule has 0 radical (unpaired) electrons. The lowest BCUT2D eigenvalue weighted by Crippen LogP contribution is -2.29. The van der Waals surface area contributed by atoms with Gasteiger partial charge in [-0.1, -0.05) is 19.2 Å². The molecule has 8 heteroatoms. The first-order valence-corrected chi connectivity index (χ1v) is 14.8. The number of nitrogens with one attached hydrogen (secondary N) is 4. The molecule has 0 aliphatic carbocycles. The third-order valence-electron chi connectivity index (χ3n) is 8.34. The van der Waals surface area contributed by atoms with Crippen molar-refractivity contribution in [1.29, 1.82) is 0 Å². The SMILES string of the molecule is C=C(CC1CCNCC1)Nc1cncc(C(=C)/C=c2/c(-c3cc4c(N5CCCCC5)cncc4[nH]3)n[nH]/c2=C/C)c1. The Morgan fingerprint density at radius 3 is 2.66 bits per heavy atom. The van der Waals surface area contributed by atoms with Gasteiger partial charge in [0.05, 0.1) is 46.5 Å². The summed E-state index contributed by atoms with van der Waals surface area (Å²) in [6.45, 7) is 15.0. The number of anilines is 2. The lowest BCUT2D eigenvalue weighted by atomic mass is 9.93. The van der Waals surface area contributed by atoms with Gasteiger partial charge >= 0.3 is 0 Å². The van der Waals surface area contributed by atoms with Crippen LogP contribution in [0.2, 0.25) is 0 Å². The summed E-state index contributed by atoms with van der Waals surface area (Å²) in [6.07, 6.45) is 18.8. The summed E-state index contributed by atoms with van der Waals surface area (Å²) in [7, 11) is 0. The third-order valence-corrected chi connectivity index (χ3v) is 8.34. The second-order valence-corrected chi connectivity index (χ2v) is 11.3. The van der Waals surface area contributed by atoms with E-state index in [1.807, 2.05) is 37.8 Å². The van der Waals surface area contributed by atoms with Crippen LogP contribution in [0.1, 0.15) is 51.0 Å². The van der Waals surface area contributed by atoms with E-state index in [0.29, 0.717) is 5.92 Å². The van der Waals surface area contributed by atoms with Crippen molar-refractivity contribution in [3.63, 3.8) is 0 Å². The van der Waals surface area contributed by atoms with Crippen molar-refractivity contribution in [3.8, 4) is 11.4 Å². The van der Waals surface area contributed by atoms with E-state index in [1.54, 1.807) is 0 Å².